The topological polar surface area (TPSA) is 179 Å². The zero-order valence-electron chi connectivity index (χ0n) is 29.9. The van der Waals surface area contributed by atoms with E-state index < -0.39 is 55.0 Å². The number of ether oxygens (including phenoxy) is 12. The Morgan fingerprint density at radius 1 is 0.815 bits per heavy atom. The highest BCUT2D eigenvalue weighted by molar-refractivity contribution is 6.14. The van der Waals surface area contributed by atoms with Crippen LogP contribution in [0.5, 0.6) is 28.7 Å². The Kier molecular flexibility index (Phi) is 11.3. The van der Waals surface area contributed by atoms with Crippen LogP contribution in [-0.4, -0.2) is 89.2 Å². The van der Waals surface area contributed by atoms with Gasteiger partial charge in [-0.05, 0) is 42.1 Å². The van der Waals surface area contributed by atoms with Crippen molar-refractivity contribution in [3.05, 3.63) is 66.8 Å². The zero-order chi connectivity index (χ0) is 38.5. The molecule has 3 aromatic carbocycles. The Balaban J connectivity index is 1.52. The zero-order valence-corrected chi connectivity index (χ0v) is 29.9. The summed E-state index contributed by atoms with van der Waals surface area (Å²) in [5.74, 6) is 0.407. The Hall–Kier alpha value is -6.16. The van der Waals surface area contributed by atoms with Crippen molar-refractivity contribution in [3.8, 4) is 39.9 Å². The van der Waals surface area contributed by atoms with Crippen LogP contribution in [0.15, 0.2) is 55.6 Å². The van der Waals surface area contributed by atoms with E-state index >= 15 is 0 Å². The molecule has 54 heavy (non-hydrogen) atoms. The fourth-order valence-electron chi connectivity index (χ4n) is 6.28. The molecule has 0 radical (unpaired) electrons. The van der Waals surface area contributed by atoms with Crippen molar-refractivity contribution < 1.29 is 76.0 Å². The third kappa shape index (κ3) is 7.37. The molecule has 0 aromatic heterocycles. The van der Waals surface area contributed by atoms with Crippen molar-refractivity contribution in [2.45, 2.75) is 57.6 Å². The summed E-state index contributed by atoms with van der Waals surface area (Å²) >= 11 is 0. The molecular weight excluding hydrogens is 712 g/mol. The van der Waals surface area contributed by atoms with E-state index in [0.29, 0.717) is 50.5 Å². The monoisotopic (exact) mass is 750 g/mol. The molecule has 0 bridgehead atoms. The molecule has 1 fully saturated rings. The molecule has 16 nitrogen and oxygen atoms in total. The van der Waals surface area contributed by atoms with Crippen LogP contribution in [-0.2, 0) is 44.6 Å². The Bertz CT molecular complexity index is 1970. The van der Waals surface area contributed by atoms with Crippen LogP contribution >= 0.6 is 0 Å². The van der Waals surface area contributed by atoms with Crippen LogP contribution in [0.1, 0.15) is 36.2 Å². The number of fused-ring (bicyclic) bond motifs is 3. The fraction of sp³-hybridized carbons (Fsp3) is 0.368. The maximum Gasteiger partial charge on any atom is 0.509 e. The largest absolute Gasteiger partial charge is 0.509 e. The van der Waals surface area contributed by atoms with Gasteiger partial charge in [0.15, 0.2) is 35.2 Å². The lowest BCUT2D eigenvalue weighted by Crippen LogP contribution is -2.62. The number of carbonyl (C=O) groups is 4. The van der Waals surface area contributed by atoms with E-state index in [2.05, 4.69) is 13.2 Å². The van der Waals surface area contributed by atoms with E-state index in [0.717, 1.165) is 0 Å². The average molecular weight is 751 g/mol. The van der Waals surface area contributed by atoms with Gasteiger partial charge >= 0.3 is 24.2 Å². The molecule has 3 aromatic rings. The van der Waals surface area contributed by atoms with Crippen LogP contribution in [0.2, 0.25) is 0 Å². The number of esters is 2. The molecule has 0 spiro atoms. The molecule has 16 heteroatoms. The average Bonchev–Trinajstić information content (AvgIpc) is 3.81. The standard InChI is InChI=1S/C38H38O16/c1-7-12-45-37(41)53-31-19(4)50-36(34(33(31)51-28(39)9-3)54-38(42)46-13-8-2)52-32-22-16-26(44-6)25(43-5)15-21(22)29(30-23(32)17-47-35(30)40)20-10-11-24-27(14-20)49-18-48-24/h7-8,10-11,14-16,19,31,33-34,36H,1-2,9,12-13,17-18H2,3-6H3/t19-,31-,33+,34-,36?/m1/s1. The van der Waals surface area contributed by atoms with E-state index in [9.17, 15) is 19.2 Å². The summed E-state index contributed by atoms with van der Waals surface area (Å²) in [6, 6.07) is 8.60. The number of rotatable bonds is 13. The first-order chi connectivity index (χ1) is 26.1. The maximum atomic E-state index is 13.6. The third-order valence-corrected chi connectivity index (χ3v) is 8.70. The van der Waals surface area contributed by atoms with Gasteiger partial charge in [0.2, 0.25) is 19.2 Å². The first-order valence-corrected chi connectivity index (χ1v) is 16.8. The van der Waals surface area contributed by atoms with Gasteiger partial charge in [0.25, 0.3) is 0 Å². The first kappa shape index (κ1) is 37.6. The minimum absolute atomic E-state index is 0.0398. The molecule has 6 rings (SSSR count). The molecule has 5 atom stereocenters. The summed E-state index contributed by atoms with van der Waals surface area (Å²) in [4.78, 5) is 52.1. The number of cyclic esters (lactones) is 1. The molecule has 286 valence electrons. The molecule has 0 aliphatic carbocycles. The van der Waals surface area contributed by atoms with Crippen LogP contribution < -0.4 is 23.7 Å². The van der Waals surface area contributed by atoms with Gasteiger partial charge < -0.3 is 56.8 Å². The molecule has 1 unspecified atom stereocenters. The number of hydrogen-bond donors (Lipinski definition) is 0. The van der Waals surface area contributed by atoms with Gasteiger partial charge in [-0.15, -0.1) is 0 Å². The van der Waals surface area contributed by atoms with Gasteiger partial charge in [-0.2, -0.15) is 0 Å². The Morgan fingerprint density at radius 2 is 1.46 bits per heavy atom. The van der Waals surface area contributed by atoms with Crippen molar-refractivity contribution in [1.82, 2.24) is 0 Å². The highest BCUT2D eigenvalue weighted by atomic mass is 16.8. The van der Waals surface area contributed by atoms with Gasteiger partial charge in [0.05, 0.1) is 19.8 Å². The van der Waals surface area contributed by atoms with Gasteiger partial charge in [-0.25, -0.2) is 14.4 Å². The van der Waals surface area contributed by atoms with E-state index in [1.165, 1.54) is 33.3 Å². The van der Waals surface area contributed by atoms with Crippen molar-refractivity contribution in [2.75, 3.05) is 34.2 Å². The highest BCUT2D eigenvalue weighted by Crippen LogP contribution is 2.50. The molecule has 0 amide bonds. The second-order valence-corrected chi connectivity index (χ2v) is 12.0. The maximum absolute atomic E-state index is 13.6. The second-order valence-electron chi connectivity index (χ2n) is 12.0. The van der Waals surface area contributed by atoms with E-state index in [1.54, 1.807) is 37.3 Å². The number of hydrogen-bond acceptors (Lipinski definition) is 16. The predicted molar refractivity (Wildman–Crippen MR) is 186 cm³/mol. The Morgan fingerprint density at radius 3 is 2.11 bits per heavy atom. The third-order valence-electron chi connectivity index (χ3n) is 8.70. The van der Waals surface area contributed by atoms with Crippen molar-refractivity contribution in [1.29, 1.82) is 0 Å². The summed E-state index contributed by atoms with van der Waals surface area (Å²) in [6.07, 6.45) is -6.86. The van der Waals surface area contributed by atoms with Gasteiger partial charge in [-0.3, -0.25) is 4.79 Å². The quantitative estimate of drug-likeness (QED) is 0.116. The van der Waals surface area contributed by atoms with Crippen LogP contribution in [0.3, 0.4) is 0 Å². The minimum atomic E-state index is -1.62. The highest BCUT2D eigenvalue weighted by Gasteiger charge is 2.53. The molecule has 0 N–H and O–H groups in total. The molecule has 3 heterocycles. The number of benzene rings is 3. The SMILES string of the molecule is C=CCOC(=O)O[C@H]1[C@H](OC(=O)CC)[C@@H](OC(=O)OCC=C)C(Oc2c3c(c(-c4ccc5c(c4)OCO5)c4cc(OC)c(OC)cc24)C(=O)OC3)O[C@@H]1C. The number of carbonyl (C=O) groups excluding carboxylic acids is 4. The summed E-state index contributed by atoms with van der Waals surface area (Å²) in [7, 11) is 2.93. The van der Waals surface area contributed by atoms with Gasteiger partial charge in [0.1, 0.15) is 31.7 Å². The first-order valence-electron chi connectivity index (χ1n) is 16.8. The summed E-state index contributed by atoms with van der Waals surface area (Å²) in [5, 5.41) is 0.890. The lowest BCUT2D eigenvalue weighted by atomic mass is 9.89. The second kappa shape index (κ2) is 16.2. The Labute approximate surface area is 309 Å². The van der Waals surface area contributed by atoms with Crippen LogP contribution in [0, 0.1) is 0 Å². The molecule has 0 saturated carbocycles. The van der Waals surface area contributed by atoms with Crippen LogP contribution in [0.25, 0.3) is 21.9 Å². The summed E-state index contributed by atoms with van der Waals surface area (Å²) in [6.45, 7) is 9.57. The lowest BCUT2D eigenvalue weighted by Gasteiger charge is -2.43. The van der Waals surface area contributed by atoms with Crippen molar-refractivity contribution in [3.63, 3.8) is 0 Å². The fourth-order valence-corrected chi connectivity index (χ4v) is 6.28. The van der Waals surface area contributed by atoms with Crippen molar-refractivity contribution >= 4 is 35.0 Å². The molecule has 3 aliphatic heterocycles. The normalized spacial score (nSPS) is 20.9. The summed E-state index contributed by atoms with van der Waals surface area (Å²) in [5.41, 5.74) is 1.58. The predicted octanol–water partition coefficient (Wildman–Crippen LogP) is 5.78. The lowest BCUT2D eigenvalue weighted by molar-refractivity contribution is -0.275. The van der Waals surface area contributed by atoms with Gasteiger partial charge in [0, 0.05) is 22.9 Å². The smallest absolute Gasteiger partial charge is 0.493 e. The molecule has 1 saturated heterocycles. The summed E-state index contributed by atoms with van der Waals surface area (Å²) < 4.78 is 68.0. The van der Waals surface area contributed by atoms with Crippen LogP contribution in [0.4, 0.5) is 9.59 Å². The minimum Gasteiger partial charge on any atom is -0.493 e. The van der Waals surface area contributed by atoms with E-state index in [1.807, 2.05) is 0 Å². The van der Waals surface area contributed by atoms with Crippen molar-refractivity contribution in [2.24, 2.45) is 0 Å². The molecular formula is C38H38O16. The van der Waals surface area contributed by atoms with E-state index in [4.69, 9.17) is 56.8 Å². The number of methoxy groups -OCH3 is 2. The molecule has 3 aliphatic rings. The van der Waals surface area contributed by atoms with Gasteiger partial charge in [-0.1, -0.05) is 38.3 Å². The van der Waals surface area contributed by atoms with E-state index in [-0.39, 0.29) is 44.3 Å².